The van der Waals surface area contributed by atoms with Crippen molar-refractivity contribution >= 4 is 11.6 Å². The Bertz CT molecular complexity index is 325. The van der Waals surface area contributed by atoms with Crippen LogP contribution in [0.2, 0.25) is 5.02 Å². The van der Waals surface area contributed by atoms with Crippen molar-refractivity contribution in [2.75, 3.05) is 13.7 Å². The summed E-state index contributed by atoms with van der Waals surface area (Å²) in [6.45, 7) is 0.699. The van der Waals surface area contributed by atoms with Gasteiger partial charge in [-0.15, -0.1) is 0 Å². The summed E-state index contributed by atoms with van der Waals surface area (Å²) in [7, 11) is 1.99. The molecule has 0 saturated heterocycles. The molecule has 0 radical (unpaired) electrons. The maximum atomic E-state index is 6.00. The van der Waals surface area contributed by atoms with Crippen LogP contribution in [0.15, 0.2) is 24.3 Å². The number of likely N-dealkylation sites (N-methyl/N-ethyl adjacent to an activating group) is 1. The fourth-order valence-electron chi connectivity index (χ4n) is 1.70. The molecule has 0 bridgehead atoms. The molecule has 1 unspecified atom stereocenters. The zero-order valence-corrected chi connectivity index (χ0v) is 9.63. The maximum absolute atomic E-state index is 6.00. The normalized spacial score (nSPS) is 17.5. The van der Waals surface area contributed by atoms with Crippen molar-refractivity contribution in [3.8, 4) is 5.75 Å². The van der Waals surface area contributed by atoms with Gasteiger partial charge in [-0.2, -0.15) is 0 Å². The van der Waals surface area contributed by atoms with Crippen molar-refractivity contribution in [1.82, 2.24) is 5.32 Å². The zero-order valence-electron chi connectivity index (χ0n) is 8.87. The van der Waals surface area contributed by atoms with Crippen LogP contribution in [-0.4, -0.2) is 19.7 Å². The molecule has 2 rings (SSSR count). The SMILES string of the molecule is CNC(COc1ccccc1Cl)C1CC1. The molecule has 15 heavy (non-hydrogen) atoms. The summed E-state index contributed by atoms with van der Waals surface area (Å²) in [4.78, 5) is 0. The Morgan fingerprint density at radius 1 is 1.47 bits per heavy atom. The van der Waals surface area contributed by atoms with E-state index >= 15 is 0 Å². The zero-order chi connectivity index (χ0) is 10.7. The number of benzene rings is 1. The molecule has 1 aliphatic rings. The third-order valence-electron chi connectivity index (χ3n) is 2.82. The van der Waals surface area contributed by atoms with E-state index in [0.717, 1.165) is 11.7 Å². The molecule has 1 saturated carbocycles. The second-order valence-electron chi connectivity index (χ2n) is 3.97. The highest BCUT2D eigenvalue weighted by Gasteiger charge is 2.30. The van der Waals surface area contributed by atoms with Gasteiger partial charge in [0, 0.05) is 6.04 Å². The van der Waals surface area contributed by atoms with Crippen LogP contribution in [0.3, 0.4) is 0 Å². The lowest BCUT2D eigenvalue weighted by Crippen LogP contribution is -2.33. The molecule has 1 atom stereocenters. The number of rotatable bonds is 5. The molecule has 0 amide bonds. The molecule has 1 aliphatic carbocycles. The highest BCUT2D eigenvalue weighted by atomic mass is 35.5. The third-order valence-corrected chi connectivity index (χ3v) is 3.13. The van der Waals surface area contributed by atoms with Gasteiger partial charge < -0.3 is 10.1 Å². The van der Waals surface area contributed by atoms with Crippen LogP contribution in [-0.2, 0) is 0 Å². The smallest absolute Gasteiger partial charge is 0.137 e. The number of halogens is 1. The molecular formula is C12H16ClNO. The summed E-state index contributed by atoms with van der Waals surface area (Å²) in [6, 6.07) is 8.06. The Labute approximate surface area is 95.6 Å². The number of ether oxygens (including phenoxy) is 1. The monoisotopic (exact) mass is 225 g/mol. The molecule has 82 valence electrons. The van der Waals surface area contributed by atoms with E-state index in [1.807, 2.05) is 31.3 Å². The molecule has 0 aromatic heterocycles. The van der Waals surface area contributed by atoms with E-state index in [2.05, 4.69) is 5.32 Å². The quantitative estimate of drug-likeness (QED) is 0.832. The molecule has 0 aliphatic heterocycles. The fourth-order valence-corrected chi connectivity index (χ4v) is 1.89. The molecule has 2 nitrogen and oxygen atoms in total. The lowest BCUT2D eigenvalue weighted by Gasteiger charge is -2.16. The van der Waals surface area contributed by atoms with E-state index in [-0.39, 0.29) is 0 Å². The number of hydrogen-bond acceptors (Lipinski definition) is 2. The first-order valence-electron chi connectivity index (χ1n) is 5.36. The summed E-state index contributed by atoms with van der Waals surface area (Å²) in [5, 5.41) is 3.97. The molecule has 1 N–H and O–H groups in total. The lowest BCUT2D eigenvalue weighted by molar-refractivity contribution is 0.256. The van der Waals surface area contributed by atoms with Crippen LogP contribution in [0.1, 0.15) is 12.8 Å². The Morgan fingerprint density at radius 3 is 2.80 bits per heavy atom. The van der Waals surface area contributed by atoms with Gasteiger partial charge in [0.15, 0.2) is 0 Å². The minimum absolute atomic E-state index is 0.460. The topological polar surface area (TPSA) is 21.3 Å². The van der Waals surface area contributed by atoms with E-state index in [9.17, 15) is 0 Å². The predicted molar refractivity (Wildman–Crippen MR) is 62.5 cm³/mol. The first-order valence-corrected chi connectivity index (χ1v) is 5.73. The second kappa shape index (κ2) is 4.86. The van der Waals surface area contributed by atoms with Gasteiger partial charge in [0.2, 0.25) is 0 Å². The van der Waals surface area contributed by atoms with Crippen molar-refractivity contribution in [3.63, 3.8) is 0 Å². The van der Waals surface area contributed by atoms with Gasteiger partial charge in [0.1, 0.15) is 12.4 Å². The van der Waals surface area contributed by atoms with Gasteiger partial charge in [-0.3, -0.25) is 0 Å². The highest BCUT2D eigenvalue weighted by Crippen LogP contribution is 2.33. The van der Waals surface area contributed by atoms with Crippen molar-refractivity contribution < 1.29 is 4.74 Å². The number of para-hydroxylation sites is 1. The Morgan fingerprint density at radius 2 is 2.20 bits per heavy atom. The van der Waals surface area contributed by atoms with Gasteiger partial charge in [-0.05, 0) is 37.9 Å². The fraction of sp³-hybridized carbons (Fsp3) is 0.500. The molecule has 0 spiro atoms. The minimum atomic E-state index is 0.460. The van der Waals surface area contributed by atoms with Gasteiger partial charge in [0.05, 0.1) is 5.02 Å². The van der Waals surface area contributed by atoms with Crippen molar-refractivity contribution in [2.45, 2.75) is 18.9 Å². The van der Waals surface area contributed by atoms with Crippen LogP contribution in [0.5, 0.6) is 5.75 Å². The Balaban J connectivity index is 1.89. The highest BCUT2D eigenvalue weighted by molar-refractivity contribution is 6.32. The molecule has 3 heteroatoms. The summed E-state index contributed by atoms with van der Waals surface area (Å²) < 4.78 is 5.70. The van der Waals surface area contributed by atoms with Crippen LogP contribution in [0.25, 0.3) is 0 Å². The van der Waals surface area contributed by atoms with Crippen molar-refractivity contribution in [1.29, 1.82) is 0 Å². The molecule has 0 heterocycles. The van der Waals surface area contributed by atoms with Crippen LogP contribution < -0.4 is 10.1 Å². The van der Waals surface area contributed by atoms with E-state index in [1.165, 1.54) is 12.8 Å². The molecule has 1 aromatic carbocycles. The van der Waals surface area contributed by atoms with E-state index < -0.39 is 0 Å². The average Bonchev–Trinajstić information content (AvgIpc) is 3.06. The summed E-state index contributed by atoms with van der Waals surface area (Å²) >= 11 is 6.00. The molecule has 1 aromatic rings. The van der Waals surface area contributed by atoms with Crippen LogP contribution >= 0.6 is 11.6 Å². The van der Waals surface area contributed by atoms with Crippen LogP contribution in [0, 0.1) is 5.92 Å². The summed E-state index contributed by atoms with van der Waals surface area (Å²) in [5.74, 6) is 1.57. The van der Waals surface area contributed by atoms with Gasteiger partial charge in [-0.25, -0.2) is 0 Å². The van der Waals surface area contributed by atoms with E-state index in [1.54, 1.807) is 0 Å². The maximum Gasteiger partial charge on any atom is 0.137 e. The standard InChI is InChI=1S/C12H16ClNO/c1-14-11(9-6-7-9)8-15-12-5-3-2-4-10(12)13/h2-5,9,11,14H,6-8H2,1H3. The van der Waals surface area contributed by atoms with E-state index in [0.29, 0.717) is 17.7 Å². The van der Waals surface area contributed by atoms with Crippen molar-refractivity contribution in [2.24, 2.45) is 5.92 Å². The number of nitrogens with one attached hydrogen (secondary N) is 1. The minimum Gasteiger partial charge on any atom is -0.490 e. The van der Waals surface area contributed by atoms with Gasteiger partial charge in [-0.1, -0.05) is 23.7 Å². The summed E-state index contributed by atoms with van der Waals surface area (Å²) in [5.41, 5.74) is 0. The van der Waals surface area contributed by atoms with E-state index in [4.69, 9.17) is 16.3 Å². The molecule has 1 fully saturated rings. The van der Waals surface area contributed by atoms with Crippen LogP contribution in [0.4, 0.5) is 0 Å². The van der Waals surface area contributed by atoms with Gasteiger partial charge in [0.25, 0.3) is 0 Å². The number of hydrogen-bond donors (Lipinski definition) is 1. The predicted octanol–water partition coefficient (Wildman–Crippen LogP) is 2.72. The second-order valence-corrected chi connectivity index (χ2v) is 4.38. The third kappa shape index (κ3) is 2.86. The van der Waals surface area contributed by atoms with Gasteiger partial charge >= 0.3 is 0 Å². The Kier molecular flexibility index (Phi) is 3.49. The summed E-state index contributed by atoms with van der Waals surface area (Å²) in [6.07, 6.45) is 2.63. The largest absolute Gasteiger partial charge is 0.490 e. The van der Waals surface area contributed by atoms with Crippen molar-refractivity contribution in [3.05, 3.63) is 29.3 Å². The first-order chi connectivity index (χ1) is 7.31. The lowest BCUT2D eigenvalue weighted by atomic mass is 10.2. The Hall–Kier alpha value is -0.730. The molecular weight excluding hydrogens is 210 g/mol. The average molecular weight is 226 g/mol. The first kappa shape index (κ1) is 10.8.